The lowest BCUT2D eigenvalue weighted by molar-refractivity contribution is -0.137. The SMILES string of the molecule is CC(C)OCCNC(=O)N(CCC(=O)O)C(C)(C)C. The maximum Gasteiger partial charge on any atom is 0.317 e. The number of hydrogen-bond acceptors (Lipinski definition) is 3. The molecule has 19 heavy (non-hydrogen) atoms. The molecule has 0 saturated carbocycles. The van der Waals surface area contributed by atoms with Crippen molar-refractivity contribution in [2.75, 3.05) is 19.7 Å². The van der Waals surface area contributed by atoms with E-state index >= 15 is 0 Å². The zero-order chi connectivity index (χ0) is 15.1. The largest absolute Gasteiger partial charge is 0.481 e. The lowest BCUT2D eigenvalue weighted by atomic mass is 10.1. The zero-order valence-corrected chi connectivity index (χ0v) is 12.5. The fourth-order valence-corrected chi connectivity index (χ4v) is 1.50. The highest BCUT2D eigenvalue weighted by molar-refractivity contribution is 5.76. The Morgan fingerprint density at radius 1 is 1.32 bits per heavy atom. The first-order valence-electron chi connectivity index (χ1n) is 6.53. The van der Waals surface area contributed by atoms with Crippen molar-refractivity contribution in [1.82, 2.24) is 10.2 Å². The Hall–Kier alpha value is -1.30. The molecule has 0 aromatic heterocycles. The number of nitrogens with one attached hydrogen (secondary N) is 1. The van der Waals surface area contributed by atoms with Gasteiger partial charge in [0.2, 0.25) is 0 Å². The number of carboxylic acids is 1. The van der Waals surface area contributed by atoms with Crippen LogP contribution in [0.15, 0.2) is 0 Å². The quantitative estimate of drug-likeness (QED) is 0.692. The van der Waals surface area contributed by atoms with E-state index in [1.54, 1.807) is 0 Å². The van der Waals surface area contributed by atoms with E-state index in [1.807, 2.05) is 34.6 Å². The summed E-state index contributed by atoms with van der Waals surface area (Å²) in [4.78, 5) is 24.1. The lowest BCUT2D eigenvalue weighted by Crippen LogP contribution is -2.51. The first-order chi connectivity index (χ1) is 8.64. The van der Waals surface area contributed by atoms with E-state index in [-0.39, 0.29) is 25.1 Å². The molecule has 6 heteroatoms. The molecule has 0 aliphatic heterocycles. The van der Waals surface area contributed by atoms with Crippen LogP contribution in [-0.2, 0) is 9.53 Å². The lowest BCUT2D eigenvalue weighted by Gasteiger charge is -2.35. The molecule has 2 amide bonds. The minimum atomic E-state index is -0.912. The van der Waals surface area contributed by atoms with Gasteiger partial charge in [-0.15, -0.1) is 0 Å². The number of aliphatic carboxylic acids is 1. The fourth-order valence-electron chi connectivity index (χ4n) is 1.50. The summed E-state index contributed by atoms with van der Waals surface area (Å²) in [6.45, 7) is 10.5. The van der Waals surface area contributed by atoms with Gasteiger partial charge in [-0.3, -0.25) is 4.79 Å². The van der Waals surface area contributed by atoms with E-state index in [4.69, 9.17) is 9.84 Å². The van der Waals surface area contributed by atoms with Gasteiger partial charge in [0, 0.05) is 18.6 Å². The Bertz CT molecular complexity index is 298. The van der Waals surface area contributed by atoms with Crippen LogP contribution in [0, 0.1) is 0 Å². The van der Waals surface area contributed by atoms with Crippen LogP contribution in [-0.4, -0.2) is 53.3 Å². The van der Waals surface area contributed by atoms with Crippen molar-refractivity contribution in [3.8, 4) is 0 Å². The van der Waals surface area contributed by atoms with Crippen molar-refractivity contribution >= 4 is 12.0 Å². The molecule has 0 bridgehead atoms. The van der Waals surface area contributed by atoms with E-state index in [0.717, 1.165) is 0 Å². The van der Waals surface area contributed by atoms with Gasteiger partial charge < -0.3 is 20.1 Å². The Labute approximate surface area is 115 Å². The maximum atomic E-state index is 12.0. The van der Waals surface area contributed by atoms with Gasteiger partial charge in [-0.25, -0.2) is 4.79 Å². The number of carboxylic acid groups (broad SMARTS) is 1. The predicted octanol–water partition coefficient (Wildman–Crippen LogP) is 1.70. The molecule has 0 fully saturated rings. The van der Waals surface area contributed by atoms with Gasteiger partial charge >= 0.3 is 12.0 Å². The van der Waals surface area contributed by atoms with E-state index in [0.29, 0.717) is 13.2 Å². The van der Waals surface area contributed by atoms with E-state index < -0.39 is 11.5 Å². The molecule has 0 aromatic carbocycles. The highest BCUT2D eigenvalue weighted by atomic mass is 16.5. The summed E-state index contributed by atoms with van der Waals surface area (Å²) >= 11 is 0. The van der Waals surface area contributed by atoms with Gasteiger partial charge in [-0.1, -0.05) is 0 Å². The number of carbonyl (C=O) groups is 2. The van der Waals surface area contributed by atoms with Crippen LogP contribution >= 0.6 is 0 Å². The standard InChI is InChI=1S/C13H26N2O4/c1-10(2)19-9-7-14-12(18)15(13(3,4)5)8-6-11(16)17/h10H,6-9H2,1-5H3,(H,14,18)(H,16,17). The molecule has 0 rings (SSSR count). The van der Waals surface area contributed by atoms with Gasteiger partial charge in [0.05, 0.1) is 19.1 Å². The molecule has 6 nitrogen and oxygen atoms in total. The second kappa shape index (κ2) is 7.99. The van der Waals surface area contributed by atoms with Crippen LogP contribution in [0.3, 0.4) is 0 Å². The number of carbonyl (C=O) groups excluding carboxylic acids is 1. The molecule has 112 valence electrons. The number of nitrogens with zero attached hydrogens (tertiary/aromatic N) is 1. The first kappa shape index (κ1) is 17.7. The van der Waals surface area contributed by atoms with Crippen molar-refractivity contribution in [3.05, 3.63) is 0 Å². The second-order valence-corrected chi connectivity index (χ2v) is 5.62. The summed E-state index contributed by atoms with van der Waals surface area (Å²) in [5, 5.41) is 11.4. The molecule has 0 heterocycles. The second-order valence-electron chi connectivity index (χ2n) is 5.62. The van der Waals surface area contributed by atoms with Gasteiger partial charge in [0.25, 0.3) is 0 Å². The number of hydrogen-bond donors (Lipinski definition) is 2. The van der Waals surface area contributed by atoms with Crippen LogP contribution in [0.5, 0.6) is 0 Å². The Morgan fingerprint density at radius 2 is 1.89 bits per heavy atom. The first-order valence-corrected chi connectivity index (χ1v) is 6.53. The summed E-state index contributed by atoms with van der Waals surface area (Å²) in [6, 6.07) is -0.263. The Morgan fingerprint density at radius 3 is 2.32 bits per heavy atom. The summed E-state index contributed by atoms with van der Waals surface area (Å²) < 4.78 is 5.33. The summed E-state index contributed by atoms with van der Waals surface area (Å²) in [5.74, 6) is -0.912. The molecule has 0 atom stereocenters. The third-order valence-corrected chi connectivity index (χ3v) is 2.43. The average Bonchev–Trinajstić information content (AvgIpc) is 2.22. The number of rotatable bonds is 7. The van der Waals surface area contributed by atoms with Crippen LogP contribution in [0.25, 0.3) is 0 Å². The molecule has 0 saturated heterocycles. The summed E-state index contributed by atoms with van der Waals surface area (Å²) in [6.07, 6.45) is 0.0651. The van der Waals surface area contributed by atoms with Crippen LogP contribution in [0.4, 0.5) is 4.79 Å². The molecule has 0 aliphatic rings. The monoisotopic (exact) mass is 274 g/mol. The molecule has 0 unspecified atom stereocenters. The number of urea groups is 1. The van der Waals surface area contributed by atoms with Gasteiger partial charge in [-0.2, -0.15) is 0 Å². The van der Waals surface area contributed by atoms with Crippen molar-refractivity contribution in [2.24, 2.45) is 0 Å². The van der Waals surface area contributed by atoms with Crippen LogP contribution < -0.4 is 5.32 Å². The van der Waals surface area contributed by atoms with E-state index in [2.05, 4.69) is 5.32 Å². The third kappa shape index (κ3) is 8.42. The molecular weight excluding hydrogens is 248 g/mol. The minimum absolute atomic E-state index is 0.0623. The molecule has 0 spiro atoms. The highest BCUT2D eigenvalue weighted by Crippen LogP contribution is 2.13. The maximum absolute atomic E-state index is 12.0. The molecule has 0 aliphatic carbocycles. The Kier molecular flexibility index (Phi) is 7.44. The summed E-state index contributed by atoms with van der Waals surface area (Å²) in [7, 11) is 0. The number of ether oxygens (including phenoxy) is 1. The molecule has 0 radical (unpaired) electrons. The van der Waals surface area contributed by atoms with Crippen molar-refractivity contribution < 1.29 is 19.4 Å². The topological polar surface area (TPSA) is 78.9 Å². The van der Waals surface area contributed by atoms with Gasteiger partial charge in [0.15, 0.2) is 0 Å². The molecular formula is C13H26N2O4. The predicted molar refractivity (Wildman–Crippen MR) is 73.2 cm³/mol. The van der Waals surface area contributed by atoms with Crippen LogP contribution in [0.2, 0.25) is 0 Å². The zero-order valence-electron chi connectivity index (χ0n) is 12.5. The highest BCUT2D eigenvalue weighted by Gasteiger charge is 2.26. The van der Waals surface area contributed by atoms with E-state index in [9.17, 15) is 9.59 Å². The minimum Gasteiger partial charge on any atom is -0.481 e. The van der Waals surface area contributed by atoms with Crippen molar-refractivity contribution in [1.29, 1.82) is 0 Å². The summed E-state index contributed by atoms with van der Waals surface area (Å²) in [5.41, 5.74) is -0.418. The van der Waals surface area contributed by atoms with Gasteiger partial charge in [-0.05, 0) is 34.6 Å². The fraction of sp³-hybridized carbons (Fsp3) is 0.846. The molecule has 0 aromatic rings. The van der Waals surface area contributed by atoms with Crippen molar-refractivity contribution in [3.63, 3.8) is 0 Å². The number of amides is 2. The smallest absolute Gasteiger partial charge is 0.317 e. The Balaban J connectivity index is 4.27. The average molecular weight is 274 g/mol. The molecule has 2 N–H and O–H groups in total. The third-order valence-electron chi connectivity index (χ3n) is 2.43. The normalized spacial score (nSPS) is 11.5. The van der Waals surface area contributed by atoms with Crippen LogP contribution in [0.1, 0.15) is 41.0 Å². The van der Waals surface area contributed by atoms with E-state index in [1.165, 1.54) is 4.90 Å². The van der Waals surface area contributed by atoms with Gasteiger partial charge in [0.1, 0.15) is 0 Å². The van der Waals surface area contributed by atoms with Crippen molar-refractivity contribution in [2.45, 2.75) is 52.7 Å².